The molecule has 3 aromatic heterocycles. The van der Waals surface area contributed by atoms with Crippen LogP contribution in [0.25, 0.3) is 27.8 Å². The van der Waals surface area contributed by atoms with Crippen molar-refractivity contribution >= 4 is 34.0 Å². The van der Waals surface area contributed by atoms with Crippen LogP contribution < -0.4 is 5.73 Å². The second-order valence-electron chi connectivity index (χ2n) is 4.75. The largest absolute Gasteiger partial charge is 0.382 e. The van der Waals surface area contributed by atoms with Crippen molar-refractivity contribution in [2.24, 2.45) is 0 Å². The molecule has 21 heavy (non-hydrogen) atoms. The van der Waals surface area contributed by atoms with Crippen LogP contribution in [0.15, 0.2) is 47.9 Å². The lowest BCUT2D eigenvalue weighted by Crippen LogP contribution is -1.96. The Labute approximate surface area is 125 Å². The lowest BCUT2D eigenvalue weighted by atomic mass is 10.2. The summed E-state index contributed by atoms with van der Waals surface area (Å²) in [5.41, 5.74) is 9.77. The number of nitrogens with one attached hydrogen (secondary N) is 1. The number of aromatic amines is 1. The summed E-state index contributed by atoms with van der Waals surface area (Å²) in [6.45, 7) is 0. The normalized spacial score (nSPS) is 11.5. The van der Waals surface area contributed by atoms with Crippen molar-refractivity contribution in [2.45, 2.75) is 5.16 Å². The van der Waals surface area contributed by atoms with Gasteiger partial charge >= 0.3 is 0 Å². The molecule has 0 fully saturated rings. The summed E-state index contributed by atoms with van der Waals surface area (Å²) in [5.74, 6) is 0.485. The van der Waals surface area contributed by atoms with E-state index in [2.05, 4.69) is 22.1 Å². The molecule has 0 radical (unpaired) electrons. The van der Waals surface area contributed by atoms with Crippen molar-refractivity contribution in [3.05, 3.63) is 42.7 Å². The molecule has 3 heterocycles. The van der Waals surface area contributed by atoms with Gasteiger partial charge in [-0.25, -0.2) is 9.97 Å². The van der Waals surface area contributed by atoms with Crippen LogP contribution in [0.4, 0.5) is 5.82 Å². The molecule has 0 aliphatic rings. The highest BCUT2D eigenvalue weighted by Crippen LogP contribution is 2.32. The van der Waals surface area contributed by atoms with Crippen molar-refractivity contribution in [2.75, 3.05) is 12.0 Å². The Morgan fingerprint density at radius 3 is 2.95 bits per heavy atom. The molecule has 3 N–H and O–H groups in total. The molecule has 4 aromatic rings. The Morgan fingerprint density at radius 2 is 2.14 bits per heavy atom. The van der Waals surface area contributed by atoms with Gasteiger partial charge in [-0.3, -0.25) is 4.40 Å². The van der Waals surface area contributed by atoms with E-state index in [0.29, 0.717) is 5.82 Å². The van der Waals surface area contributed by atoms with E-state index in [0.717, 1.165) is 33.0 Å². The Morgan fingerprint density at radius 1 is 1.29 bits per heavy atom. The number of nitrogen functional groups attached to an aromatic ring is 1. The Kier molecular flexibility index (Phi) is 2.65. The number of hydrogen-bond donors (Lipinski definition) is 2. The lowest BCUT2D eigenvalue weighted by molar-refractivity contribution is 0.952. The smallest absolute Gasteiger partial charge is 0.173 e. The number of hydrogen-bond acceptors (Lipinski definition) is 4. The first-order chi connectivity index (χ1) is 10.3. The topological polar surface area (TPSA) is 72.0 Å². The number of aromatic nitrogens is 4. The number of fused-ring (bicyclic) bond motifs is 2. The number of nitrogens with two attached hydrogens (primary N) is 1. The van der Waals surface area contributed by atoms with Gasteiger partial charge in [0.2, 0.25) is 0 Å². The summed E-state index contributed by atoms with van der Waals surface area (Å²) in [6.07, 6.45) is 5.58. The van der Waals surface area contributed by atoms with Gasteiger partial charge in [0.1, 0.15) is 17.0 Å². The summed E-state index contributed by atoms with van der Waals surface area (Å²) in [6, 6.07) is 10.2. The Hall–Kier alpha value is -2.47. The molecule has 0 atom stereocenters. The van der Waals surface area contributed by atoms with Gasteiger partial charge in [0.15, 0.2) is 5.16 Å². The predicted octanol–water partition coefficient (Wildman–Crippen LogP) is 3.18. The van der Waals surface area contributed by atoms with Crippen molar-refractivity contribution in [3.63, 3.8) is 0 Å². The zero-order chi connectivity index (χ0) is 14.4. The van der Waals surface area contributed by atoms with Gasteiger partial charge < -0.3 is 10.7 Å². The van der Waals surface area contributed by atoms with Crippen LogP contribution in [0.1, 0.15) is 0 Å². The van der Waals surface area contributed by atoms with Crippen LogP contribution in [0, 0.1) is 0 Å². The molecule has 104 valence electrons. The first kappa shape index (κ1) is 12.3. The number of para-hydroxylation sites is 1. The van der Waals surface area contributed by atoms with Crippen molar-refractivity contribution in [3.8, 4) is 11.4 Å². The second-order valence-corrected chi connectivity index (χ2v) is 5.52. The zero-order valence-electron chi connectivity index (χ0n) is 11.4. The quantitative estimate of drug-likeness (QED) is 0.557. The van der Waals surface area contributed by atoms with Crippen molar-refractivity contribution in [1.82, 2.24) is 19.4 Å². The van der Waals surface area contributed by atoms with Gasteiger partial charge in [-0.05, 0) is 18.4 Å². The first-order valence-electron chi connectivity index (χ1n) is 6.52. The molecule has 4 rings (SSSR count). The van der Waals surface area contributed by atoms with E-state index in [4.69, 9.17) is 10.7 Å². The minimum absolute atomic E-state index is 0.485. The third-order valence-electron chi connectivity index (χ3n) is 3.52. The molecule has 0 unspecified atom stereocenters. The van der Waals surface area contributed by atoms with E-state index in [1.807, 2.05) is 35.1 Å². The van der Waals surface area contributed by atoms with Gasteiger partial charge in [0.05, 0.1) is 5.69 Å². The van der Waals surface area contributed by atoms with E-state index in [1.54, 1.807) is 18.0 Å². The predicted molar refractivity (Wildman–Crippen MR) is 86.5 cm³/mol. The molecule has 5 nitrogen and oxygen atoms in total. The third kappa shape index (κ3) is 1.80. The van der Waals surface area contributed by atoms with Crippen LogP contribution in [0.2, 0.25) is 0 Å². The maximum atomic E-state index is 6.06. The van der Waals surface area contributed by atoms with E-state index in [9.17, 15) is 0 Å². The summed E-state index contributed by atoms with van der Waals surface area (Å²) >= 11 is 1.58. The van der Waals surface area contributed by atoms with Crippen LogP contribution in [-0.4, -0.2) is 25.6 Å². The van der Waals surface area contributed by atoms with Crippen molar-refractivity contribution < 1.29 is 0 Å². The first-order valence-corrected chi connectivity index (χ1v) is 7.75. The van der Waals surface area contributed by atoms with E-state index in [1.165, 1.54) is 0 Å². The average Bonchev–Trinajstić information content (AvgIpc) is 3.08. The maximum absolute atomic E-state index is 6.06. The molecular formula is C15H13N5S. The summed E-state index contributed by atoms with van der Waals surface area (Å²) in [7, 11) is 0. The van der Waals surface area contributed by atoms with Gasteiger partial charge in [-0.2, -0.15) is 0 Å². The molecule has 1 aromatic carbocycles. The minimum Gasteiger partial charge on any atom is -0.382 e. The number of anilines is 1. The molecule has 0 spiro atoms. The monoisotopic (exact) mass is 295 g/mol. The zero-order valence-corrected chi connectivity index (χ0v) is 12.2. The molecule has 0 aliphatic heterocycles. The molecule has 0 amide bonds. The number of thioether (sulfide) groups is 1. The van der Waals surface area contributed by atoms with Gasteiger partial charge in [-0.15, -0.1) is 0 Å². The lowest BCUT2D eigenvalue weighted by Gasteiger charge is -2.00. The number of rotatable bonds is 2. The van der Waals surface area contributed by atoms with E-state index in [-0.39, 0.29) is 0 Å². The third-order valence-corrected chi connectivity index (χ3v) is 4.17. The van der Waals surface area contributed by atoms with E-state index < -0.39 is 0 Å². The highest BCUT2D eigenvalue weighted by Gasteiger charge is 2.16. The Bertz CT molecular complexity index is 920. The molecule has 0 aliphatic carbocycles. The van der Waals surface area contributed by atoms with Gasteiger partial charge in [0.25, 0.3) is 0 Å². The van der Waals surface area contributed by atoms with Crippen LogP contribution in [0.3, 0.4) is 0 Å². The molecule has 0 bridgehead atoms. The standard InChI is InChI=1S/C15H13N5S/c1-21-15-19-12(13-14(16)17-6-7-20(13)15)11-8-9-4-2-3-5-10(9)18-11/h2-8,18H,1H3,(H2,16,17). The fraction of sp³-hybridized carbons (Fsp3) is 0.0667. The van der Waals surface area contributed by atoms with Crippen LogP contribution >= 0.6 is 11.8 Å². The molecule has 6 heteroatoms. The van der Waals surface area contributed by atoms with Crippen molar-refractivity contribution in [1.29, 1.82) is 0 Å². The maximum Gasteiger partial charge on any atom is 0.173 e. The van der Waals surface area contributed by atoms with Crippen LogP contribution in [-0.2, 0) is 0 Å². The highest BCUT2D eigenvalue weighted by molar-refractivity contribution is 7.98. The SMILES string of the molecule is CSc1nc(-c2cc3ccccc3[nH]2)c2c(N)nccn12. The minimum atomic E-state index is 0.485. The fourth-order valence-corrected chi connectivity index (χ4v) is 3.10. The number of benzene rings is 1. The van der Waals surface area contributed by atoms with Gasteiger partial charge in [0, 0.05) is 23.3 Å². The average molecular weight is 295 g/mol. The molecule has 0 saturated carbocycles. The molecule has 0 saturated heterocycles. The summed E-state index contributed by atoms with van der Waals surface area (Å²) in [4.78, 5) is 12.3. The number of H-pyrrole nitrogens is 1. The fourth-order valence-electron chi connectivity index (χ4n) is 2.57. The number of imidazole rings is 1. The highest BCUT2D eigenvalue weighted by atomic mass is 32.2. The van der Waals surface area contributed by atoms with Gasteiger partial charge in [-0.1, -0.05) is 30.0 Å². The summed E-state index contributed by atoms with van der Waals surface area (Å²) < 4.78 is 1.98. The van der Waals surface area contributed by atoms with Crippen LogP contribution in [0.5, 0.6) is 0 Å². The van der Waals surface area contributed by atoms with E-state index >= 15 is 0 Å². The number of nitrogens with zero attached hydrogens (tertiary/aromatic N) is 3. The molecular weight excluding hydrogens is 282 g/mol. The second kappa shape index (κ2) is 4.53. The Balaban J connectivity index is 2.05. The summed E-state index contributed by atoms with van der Waals surface area (Å²) in [5, 5.41) is 2.05.